The molecule has 0 spiro atoms. The summed E-state index contributed by atoms with van der Waals surface area (Å²) in [4.78, 5) is 24.3. The van der Waals surface area contributed by atoms with Crippen LogP contribution in [0.3, 0.4) is 0 Å². The minimum Gasteiger partial charge on any atom is -0.352 e. The van der Waals surface area contributed by atoms with Crippen molar-refractivity contribution < 1.29 is 18.0 Å². The summed E-state index contributed by atoms with van der Waals surface area (Å²) in [6.07, 6.45) is 0.608. The first-order chi connectivity index (χ1) is 14.4. The fourth-order valence-corrected chi connectivity index (χ4v) is 5.16. The first kappa shape index (κ1) is 21.7. The number of sulfone groups is 1. The van der Waals surface area contributed by atoms with Crippen molar-refractivity contribution in [3.8, 4) is 0 Å². The van der Waals surface area contributed by atoms with Crippen molar-refractivity contribution in [2.24, 2.45) is 0 Å². The van der Waals surface area contributed by atoms with Crippen LogP contribution < -0.4 is 10.6 Å². The van der Waals surface area contributed by atoms with E-state index >= 15 is 0 Å². The van der Waals surface area contributed by atoms with Crippen molar-refractivity contribution in [1.29, 1.82) is 0 Å². The number of hydrogen-bond donors (Lipinski definition) is 2. The quantitative estimate of drug-likeness (QED) is 0.530. The average molecular weight is 443 g/mol. The van der Waals surface area contributed by atoms with Crippen LogP contribution in [0.15, 0.2) is 76.3 Å². The molecule has 6 nitrogen and oxygen atoms in total. The summed E-state index contributed by atoms with van der Waals surface area (Å²) in [6, 6.07) is 19.6. The molecule has 0 saturated heterocycles. The maximum absolute atomic E-state index is 12.2. The smallest absolute Gasteiger partial charge is 0.251 e. The van der Waals surface area contributed by atoms with Gasteiger partial charge in [-0.1, -0.05) is 36.4 Å². The van der Waals surface area contributed by atoms with Crippen LogP contribution >= 0.6 is 11.3 Å². The van der Waals surface area contributed by atoms with Crippen LogP contribution in [0.5, 0.6) is 0 Å². The number of amides is 2. The highest BCUT2D eigenvalue weighted by molar-refractivity contribution is 7.93. The second kappa shape index (κ2) is 10.2. The minimum atomic E-state index is -3.45. The fraction of sp³-hybridized carbons (Fsp3) is 0.182. The Labute approximate surface area is 179 Å². The Bertz CT molecular complexity index is 1080. The van der Waals surface area contributed by atoms with Crippen molar-refractivity contribution in [2.45, 2.75) is 17.1 Å². The fourth-order valence-electron chi connectivity index (χ4n) is 2.76. The lowest BCUT2D eigenvalue weighted by Crippen LogP contribution is -2.25. The van der Waals surface area contributed by atoms with E-state index in [9.17, 15) is 18.0 Å². The number of nitrogens with one attached hydrogen (secondary N) is 2. The molecule has 3 rings (SSSR count). The van der Waals surface area contributed by atoms with E-state index in [0.29, 0.717) is 17.8 Å². The molecule has 1 aromatic heterocycles. The molecule has 30 heavy (non-hydrogen) atoms. The van der Waals surface area contributed by atoms with E-state index < -0.39 is 15.7 Å². The van der Waals surface area contributed by atoms with Gasteiger partial charge in [-0.2, -0.15) is 0 Å². The summed E-state index contributed by atoms with van der Waals surface area (Å²) in [6.45, 7) is 0.528. The number of rotatable bonds is 9. The van der Waals surface area contributed by atoms with Gasteiger partial charge in [0.2, 0.25) is 5.91 Å². The Morgan fingerprint density at radius 3 is 2.30 bits per heavy atom. The van der Waals surface area contributed by atoms with Crippen LogP contribution in [0.2, 0.25) is 0 Å². The monoisotopic (exact) mass is 442 g/mol. The number of benzene rings is 2. The molecule has 8 heteroatoms. The molecule has 3 aromatic rings. The number of thiophene rings is 1. The summed E-state index contributed by atoms with van der Waals surface area (Å²) in [5.41, 5.74) is 2.15. The van der Waals surface area contributed by atoms with E-state index in [-0.39, 0.29) is 22.3 Å². The van der Waals surface area contributed by atoms with Crippen LogP contribution in [-0.4, -0.2) is 32.5 Å². The standard InChI is InChI=1S/C22H22N2O4S2/c25-20(13-16-30(27,28)21-7-4-15-29-21)24-19-10-8-18(9-11-19)22(26)23-14-12-17-5-2-1-3-6-17/h1-11,15H,12-14,16H2,(H,23,26)(H,24,25). The number of carbonyl (C=O) groups excluding carboxylic acids is 2. The van der Waals surface area contributed by atoms with Crippen molar-refractivity contribution in [3.63, 3.8) is 0 Å². The lowest BCUT2D eigenvalue weighted by molar-refractivity contribution is -0.115. The van der Waals surface area contributed by atoms with E-state index in [1.807, 2.05) is 30.3 Å². The molecule has 0 bridgehead atoms. The third kappa shape index (κ3) is 6.27. The van der Waals surface area contributed by atoms with Crippen LogP contribution in [0, 0.1) is 0 Å². The zero-order valence-electron chi connectivity index (χ0n) is 16.2. The van der Waals surface area contributed by atoms with E-state index in [1.54, 1.807) is 35.7 Å². The molecule has 0 unspecified atom stereocenters. The Morgan fingerprint density at radius 2 is 1.63 bits per heavy atom. The van der Waals surface area contributed by atoms with Gasteiger partial charge in [0.15, 0.2) is 9.84 Å². The second-order valence-electron chi connectivity index (χ2n) is 6.62. The highest BCUT2D eigenvalue weighted by Gasteiger charge is 2.17. The maximum atomic E-state index is 12.2. The average Bonchev–Trinajstić information content (AvgIpc) is 3.30. The third-order valence-corrected chi connectivity index (χ3v) is 7.58. The summed E-state index contributed by atoms with van der Waals surface area (Å²) in [5.74, 6) is -0.831. The lowest BCUT2D eigenvalue weighted by Gasteiger charge is -2.08. The Morgan fingerprint density at radius 1 is 0.900 bits per heavy atom. The summed E-state index contributed by atoms with van der Waals surface area (Å²) in [5, 5.41) is 7.21. The molecule has 1 heterocycles. The first-order valence-electron chi connectivity index (χ1n) is 9.42. The van der Waals surface area contributed by atoms with Crippen LogP contribution in [0.1, 0.15) is 22.3 Å². The van der Waals surface area contributed by atoms with Gasteiger partial charge in [0.05, 0.1) is 5.75 Å². The normalized spacial score (nSPS) is 11.1. The zero-order valence-corrected chi connectivity index (χ0v) is 17.8. The van der Waals surface area contributed by atoms with Crippen molar-refractivity contribution in [1.82, 2.24) is 5.32 Å². The first-order valence-corrected chi connectivity index (χ1v) is 12.0. The molecular formula is C22H22N2O4S2. The van der Waals surface area contributed by atoms with Gasteiger partial charge in [0.25, 0.3) is 5.91 Å². The van der Waals surface area contributed by atoms with Gasteiger partial charge in [-0.15, -0.1) is 11.3 Å². The summed E-state index contributed by atoms with van der Waals surface area (Å²) < 4.78 is 24.5. The van der Waals surface area contributed by atoms with Gasteiger partial charge in [-0.05, 0) is 47.7 Å². The molecule has 0 aliphatic carbocycles. The Hall–Kier alpha value is -2.97. The van der Waals surface area contributed by atoms with Crippen molar-refractivity contribution in [3.05, 3.63) is 83.2 Å². The van der Waals surface area contributed by atoms with Crippen LogP contribution in [0.25, 0.3) is 0 Å². The molecule has 0 aliphatic heterocycles. The summed E-state index contributed by atoms with van der Waals surface area (Å²) >= 11 is 1.14. The van der Waals surface area contributed by atoms with Gasteiger partial charge in [-0.25, -0.2) is 8.42 Å². The van der Waals surface area contributed by atoms with Gasteiger partial charge in [0, 0.05) is 24.2 Å². The Kier molecular flexibility index (Phi) is 7.37. The molecule has 0 radical (unpaired) electrons. The third-order valence-electron chi connectivity index (χ3n) is 4.37. The largest absolute Gasteiger partial charge is 0.352 e. The van der Waals surface area contributed by atoms with E-state index in [2.05, 4.69) is 10.6 Å². The molecular weight excluding hydrogens is 420 g/mol. The minimum absolute atomic E-state index is 0.137. The molecule has 2 aromatic carbocycles. The molecule has 0 atom stereocenters. The number of carbonyl (C=O) groups is 2. The van der Waals surface area contributed by atoms with Crippen molar-refractivity contribution >= 4 is 38.7 Å². The molecule has 0 aliphatic rings. The van der Waals surface area contributed by atoms with Gasteiger partial charge < -0.3 is 10.6 Å². The van der Waals surface area contributed by atoms with E-state index in [1.165, 1.54) is 6.07 Å². The number of anilines is 1. The van der Waals surface area contributed by atoms with Crippen LogP contribution in [-0.2, 0) is 21.1 Å². The van der Waals surface area contributed by atoms with Crippen LogP contribution in [0.4, 0.5) is 5.69 Å². The maximum Gasteiger partial charge on any atom is 0.251 e. The SMILES string of the molecule is O=C(CCS(=O)(=O)c1cccs1)Nc1ccc(C(=O)NCCc2ccccc2)cc1. The predicted molar refractivity (Wildman–Crippen MR) is 119 cm³/mol. The van der Waals surface area contributed by atoms with E-state index in [0.717, 1.165) is 23.3 Å². The van der Waals surface area contributed by atoms with Gasteiger partial charge >= 0.3 is 0 Å². The van der Waals surface area contributed by atoms with Gasteiger partial charge in [0.1, 0.15) is 4.21 Å². The Balaban J connectivity index is 1.45. The highest BCUT2D eigenvalue weighted by Crippen LogP contribution is 2.18. The molecule has 2 amide bonds. The predicted octanol–water partition coefficient (Wildman–Crippen LogP) is 3.52. The second-order valence-corrected chi connectivity index (χ2v) is 9.90. The molecule has 156 valence electrons. The molecule has 0 saturated carbocycles. The molecule has 2 N–H and O–H groups in total. The van der Waals surface area contributed by atoms with Gasteiger partial charge in [-0.3, -0.25) is 9.59 Å². The zero-order chi connectivity index (χ0) is 21.4. The van der Waals surface area contributed by atoms with Crippen molar-refractivity contribution in [2.75, 3.05) is 17.6 Å². The highest BCUT2D eigenvalue weighted by atomic mass is 32.2. The lowest BCUT2D eigenvalue weighted by atomic mass is 10.1. The molecule has 0 fully saturated rings. The summed E-state index contributed by atoms with van der Waals surface area (Å²) in [7, 11) is -3.45. The topological polar surface area (TPSA) is 92.3 Å². The number of hydrogen-bond acceptors (Lipinski definition) is 5. The van der Waals surface area contributed by atoms with E-state index in [4.69, 9.17) is 0 Å².